The van der Waals surface area contributed by atoms with Crippen molar-refractivity contribution in [2.45, 2.75) is 46.5 Å². The molecule has 0 fully saturated rings. The van der Waals surface area contributed by atoms with Gasteiger partial charge in [-0.3, -0.25) is 0 Å². The zero-order chi connectivity index (χ0) is 16.9. The number of benzene rings is 1. The van der Waals surface area contributed by atoms with Crippen LogP contribution in [0.15, 0.2) is 30.5 Å². The van der Waals surface area contributed by atoms with Gasteiger partial charge < -0.3 is 4.74 Å². The number of carbonyl (C=O) groups is 2. The fraction of sp³-hybridized carbons (Fsp3) is 0.444. The zero-order valence-corrected chi connectivity index (χ0v) is 13.8. The molecule has 0 radical (unpaired) electrons. The summed E-state index contributed by atoms with van der Waals surface area (Å²) >= 11 is 0. The Morgan fingerprint density at radius 2 is 1.78 bits per heavy atom. The molecular formula is C18H22O5. The second kappa shape index (κ2) is 7.31. The van der Waals surface area contributed by atoms with E-state index in [9.17, 15) is 9.59 Å². The Balaban J connectivity index is 1.74. The largest absolute Gasteiger partial charge is 0.457 e. The number of unbranched alkanes of at least 4 members (excludes halogenated alkanes) is 1. The molecule has 1 aromatic rings. The van der Waals surface area contributed by atoms with E-state index in [0.717, 1.165) is 12.8 Å². The molecule has 0 aromatic heterocycles. The molecule has 5 nitrogen and oxygen atoms in total. The minimum atomic E-state index is -0.708. The predicted molar refractivity (Wildman–Crippen MR) is 84.9 cm³/mol. The van der Waals surface area contributed by atoms with E-state index in [0.29, 0.717) is 23.3 Å². The van der Waals surface area contributed by atoms with Gasteiger partial charge in [-0.15, -0.1) is 0 Å². The summed E-state index contributed by atoms with van der Waals surface area (Å²) in [5.74, 6) is -0.627. The van der Waals surface area contributed by atoms with Crippen LogP contribution in [-0.2, 0) is 19.3 Å². The van der Waals surface area contributed by atoms with Gasteiger partial charge in [-0.2, -0.15) is 0 Å². The molecule has 23 heavy (non-hydrogen) atoms. The third-order valence-corrected chi connectivity index (χ3v) is 3.42. The van der Waals surface area contributed by atoms with Gasteiger partial charge in [0.25, 0.3) is 0 Å². The molecule has 0 amide bonds. The summed E-state index contributed by atoms with van der Waals surface area (Å²) in [4.78, 5) is 32.8. The topological polar surface area (TPSA) is 65.1 Å². The summed E-state index contributed by atoms with van der Waals surface area (Å²) < 4.78 is 4.98. The van der Waals surface area contributed by atoms with Crippen LogP contribution in [0.1, 0.15) is 62.4 Å². The lowest BCUT2D eigenvalue weighted by atomic mass is 9.89. The molecule has 0 saturated carbocycles. The van der Waals surface area contributed by atoms with Crippen molar-refractivity contribution in [1.29, 1.82) is 0 Å². The SMILES string of the molecule is CC(C)(C)CCCCC(=O)OOC(=O)c1ccccc1C1=CO1. The van der Waals surface area contributed by atoms with Crippen LogP contribution in [0.3, 0.4) is 0 Å². The van der Waals surface area contributed by atoms with Crippen molar-refractivity contribution >= 4 is 17.7 Å². The molecule has 0 N–H and O–H groups in total. The molecule has 124 valence electrons. The third-order valence-electron chi connectivity index (χ3n) is 3.42. The highest BCUT2D eigenvalue weighted by atomic mass is 17.2. The van der Waals surface area contributed by atoms with Crippen molar-refractivity contribution in [3.05, 3.63) is 41.7 Å². The molecule has 2 rings (SSSR count). The van der Waals surface area contributed by atoms with Crippen LogP contribution in [-0.4, -0.2) is 11.9 Å². The second-order valence-electron chi connectivity index (χ2n) is 6.74. The molecule has 0 saturated heterocycles. The Kier molecular flexibility index (Phi) is 5.42. The monoisotopic (exact) mass is 318 g/mol. The molecule has 5 heteroatoms. The average molecular weight is 318 g/mol. The molecule has 0 bridgehead atoms. The quantitative estimate of drug-likeness (QED) is 0.446. The standard InChI is InChI=1S/C18H22O5/c1-18(2,3)11-7-6-10-16(19)22-23-17(20)14-9-5-4-8-13(14)15-12-21-15/h4-5,8-9,12H,6-7,10-11H2,1-3H3. The smallest absolute Gasteiger partial charge is 0.387 e. The first-order valence-electron chi connectivity index (χ1n) is 7.75. The van der Waals surface area contributed by atoms with Crippen LogP contribution in [0.2, 0.25) is 0 Å². The molecule has 0 unspecified atom stereocenters. The van der Waals surface area contributed by atoms with Crippen LogP contribution < -0.4 is 0 Å². The van der Waals surface area contributed by atoms with E-state index >= 15 is 0 Å². The number of ether oxygens (including phenoxy) is 1. The Hall–Kier alpha value is -2.30. The minimum Gasteiger partial charge on any atom is -0.457 e. The van der Waals surface area contributed by atoms with Gasteiger partial charge >= 0.3 is 11.9 Å². The molecule has 0 aliphatic carbocycles. The summed E-state index contributed by atoms with van der Waals surface area (Å²) in [7, 11) is 0. The van der Waals surface area contributed by atoms with Gasteiger partial charge in [-0.25, -0.2) is 19.4 Å². The van der Waals surface area contributed by atoms with E-state index < -0.39 is 11.9 Å². The molecule has 1 heterocycles. The summed E-state index contributed by atoms with van der Waals surface area (Å²) in [5.41, 5.74) is 1.18. The minimum absolute atomic E-state index is 0.235. The number of rotatable bonds is 6. The van der Waals surface area contributed by atoms with Crippen LogP contribution in [0.25, 0.3) is 5.76 Å². The summed E-state index contributed by atoms with van der Waals surface area (Å²) in [6.45, 7) is 6.47. The fourth-order valence-electron chi connectivity index (χ4n) is 2.13. The average Bonchev–Trinajstić information content (AvgIpc) is 3.33. The highest BCUT2D eigenvalue weighted by Gasteiger charge is 2.23. The Bertz CT molecular complexity index is 610. The molecule has 1 aliphatic heterocycles. The first kappa shape index (κ1) is 17.1. The predicted octanol–water partition coefficient (Wildman–Crippen LogP) is 4.24. The van der Waals surface area contributed by atoms with Gasteiger partial charge in [0.2, 0.25) is 0 Å². The maximum Gasteiger partial charge on any atom is 0.387 e. The van der Waals surface area contributed by atoms with Crippen LogP contribution in [0.5, 0.6) is 0 Å². The van der Waals surface area contributed by atoms with Crippen molar-refractivity contribution in [1.82, 2.24) is 0 Å². The second-order valence-corrected chi connectivity index (χ2v) is 6.74. The normalized spacial score (nSPS) is 12.9. The van der Waals surface area contributed by atoms with Crippen molar-refractivity contribution < 1.29 is 24.1 Å². The molecule has 0 spiro atoms. The summed E-state index contributed by atoms with van der Waals surface area (Å²) in [6, 6.07) is 6.83. The molecule has 0 atom stereocenters. The van der Waals surface area contributed by atoms with Crippen LogP contribution >= 0.6 is 0 Å². The van der Waals surface area contributed by atoms with E-state index in [1.165, 1.54) is 6.26 Å². The highest BCUT2D eigenvalue weighted by molar-refractivity contribution is 5.95. The van der Waals surface area contributed by atoms with Crippen LogP contribution in [0.4, 0.5) is 0 Å². The van der Waals surface area contributed by atoms with E-state index in [2.05, 4.69) is 30.5 Å². The van der Waals surface area contributed by atoms with Gasteiger partial charge in [-0.1, -0.05) is 45.4 Å². The van der Waals surface area contributed by atoms with E-state index in [1.807, 2.05) is 0 Å². The Labute approximate surface area is 136 Å². The van der Waals surface area contributed by atoms with Crippen molar-refractivity contribution in [3.8, 4) is 0 Å². The fourth-order valence-corrected chi connectivity index (χ4v) is 2.13. The van der Waals surface area contributed by atoms with Crippen molar-refractivity contribution in [3.63, 3.8) is 0 Å². The lowest BCUT2D eigenvalue weighted by Crippen LogP contribution is -2.13. The third kappa shape index (κ3) is 5.77. The first-order valence-corrected chi connectivity index (χ1v) is 7.75. The highest BCUT2D eigenvalue weighted by Crippen LogP contribution is 2.30. The lowest BCUT2D eigenvalue weighted by molar-refractivity contribution is -0.234. The van der Waals surface area contributed by atoms with Crippen molar-refractivity contribution in [2.24, 2.45) is 5.41 Å². The van der Waals surface area contributed by atoms with Crippen LogP contribution in [0, 0.1) is 5.41 Å². The Morgan fingerprint density at radius 3 is 2.43 bits per heavy atom. The number of hydrogen-bond acceptors (Lipinski definition) is 5. The van der Waals surface area contributed by atoms with Crippen molar-refractivity contribution in [2.75, 3.05) is 0 Å². The van der Waals surface area contributed by atoms with E-state index in [-0.39, 0.29) is 11.8 Å². The molecule has 1 aliphatic rings. The maximum atomic E-state index is 12.0. The first-order chi connectivity index (χ1) is 10.9. The molecule has 1 aromatic carbocycles. The van der Waals surface area contributed by atoms with Gasteiger partial charge in [0.15, 0.2) is 5.76 Å². The number of carbonyl (C=O) groups excluding carboxylic acids is 2. The van der Waals surface area contributed by atoms with Gasteiger partial charge in [0.1, 0.15) is 6.26 Å². The Morgan fingerprint density at radius 1 is 1.09 bits per heavy atom. The van der Waals surface area contributed by atoms with Gasteiger partial charge in [-0.05, 0) is 24.3 Å². The maximum absolute atomic E-state index is 12.0. The van der Waals surface area contributed by atoms with Gasteiger partial charge in [0.05, 0.1) is 12.0 Å². The van der Waals surface area contributed by atoms with E-state index in [4.69, 9.17) is 4.74 Å². The zero-order valence-electron chi connectivity index (χ0n) is 13.8. The van der Waals surface area contributed by atoms with E-state index in [1.54, 1.807) is 24.3 Å². The number of hydrogen-bond donors (Lipinski definition) is 0. The summed E-state index contributed by atoms with van der Waals surface area (Å²) in [5, 5.41) is 0. The lowest BCUT2D eigenvalue weighted by Gasteiger charge is -2.17. The molecular weight excluding hydrogens is 296 g/mol. The van der Waals surface area contributed by atoms with Gasteiger partial charge in [0, 0.05) is 5.56 Å². The summed E-state index contributed by atoms with van der Waals surface area (Å²) in [6.07, 6.45) is 4.45.